The molecule has 8 nitrogen and oxygen atoms in total. The lowest BCUT2D eigenvalue weighted by atomic mass is 9.70. The molecule has 1 saturated heterocycles. The van der Waals surface area contributed by atoms with E-state index in [1.54, 1.807) is 50.8 Å². The molecule has 1 amide bonds. The molecule has 2 aliphatic heterocycles. The number of hydrogen-bond acceptors (Lipinski definition) is 6. The van der Waals surface area contributed by atoms with Crippen molar-refractivity contribution in [1.29, 1.82) is 0 Å². The van der Waals surface area contributed by atoms with Crippen LogP contribution in [0.5, 0.6) is 0 Å². The van der Waals surface area contributed by atoms with Gasteiger partial charge in [0.05, 0.1) is 14.7 Å². The maximum atomic E-state index is 13.7. The highest BCUT2D eigenvalue weighted by atomic mass is 32.2. The molecular weight excluding hydrogens is 524 g/mol. The van der Waals surface area contributed by atoms with E-state index in [9.17, 15) is 21.6 Å². The minimum absolute atomic E-state index is 0.0325. The Morgan fingerprint density at radius 1 is 1.05 bits per heavy atom. The molecule has 0 radical (unpaired) electrons. The number of sulfonamides is 1. The maximum absolute atomic E-state index is 13.7. The first-order chi connectivity index (χ1) is 17.7. The zero-order valence-corrected chi connectivity index (χ0v) is 24.6. The molecule has 2 aromatic rings. The molecule has 10 heteroatoms. The second-order valence-corrected chi connectivity index (χ2v) is 14.8. The van der Waals surface area contributed by atoms with E-state index in [2.05, 4.69) is 4.72 Å². The second kappa shape index (κ2) is 9.95. The van der Waals surface area contributed by atoms with Crippen LogP contribution in [0.4, 0.5) is 4.79 Å². The van der Waals surface area contributed by atoms with Gasteiger partial charge >= 0.3 is 6.09 Å². The average molecular weight is 563 g/mol. The predicted octanol–water partition coefficient (Wildman–Crippen LogP) is 4.93. The van der Waals surface area contributed by atoms with Crippen molar-refractivity contribution in [2.75, 3.05) is 13.1 Å². The largest absolute Gasteiger partial charge is 0.444 e. The summed E-state index contributed by atoms with van der Waals surface area (Å²) in [5.74, 6) is 0. The Kier molecular flexibility index (Phi) is 7.48. The molecule has 38 heavy (non-hydrogen) atoms. The predicted molar refractivity (Wildman–Crippen MR) is 146 cm³/mol. The molecule has 4 rings (SSSR count). The summed E-state index contributed by atoms with van der Waals surface area (Å²) >= 11 is 0. The fourth-order valence-corrected chi connectivity index (χ4v) is 9.21. The van der Waals surface area contributed by atoms with Crippen LogP contribution in [0.2, 0.25) is 0 Å². The van der Waals surface area contributed by atoms with Crippen molar-refractivity contribution in [3.8, 4) is 0 Å². The van der Waals surface area contributed by atoms with Crippen molar-refractivity contribution in [1.82, 2.24) is 9.62 Å². The number of amides is 1. The number of piperidine rings is 1. The molecule has 0 aliphatic carbocycles. The van der Waals surface area contributed by atoms with Gasteiger partial charge in [-0.1, -0.05) is 38.1 Å². The number of carbonyl (C=O) groups is 1. The van der Waals surface area contributed by atoms with Gasteiger partial charge in [-0.25, -0.2) is 26.4 Å². The van der Waals surface area contributed by atoms with Crippen LogP contribution in [-0.4, -0.2) is 52.6 Å². The van der Waals surface area contributed by atoms with Crippen LogP contribution < -0.4 is 4.72 Å². The first-order valence-corrected chi connectivity index (χ1v) is 16.1. The van der Waals surface area contributed by atoms with E-state index in [0.29, 0.717) is 49.9 Å². The Morgan fingerprint density at radius 3 is 2.24 bits per heavy atom. The third-order valence-electron chi connectivity index (χ3n) is 7.74. The van der Waals surface area contributed by atoms with Gasteiger partial charge in [0.15, 0.2) is 0 Å². The van der Waals surface area contributed by atoms with Gasteiger partial charge in [-0.2, -0.15) is 0 Å². The molecule has 0 bridgehead atoms. The topological polar surface area (TPSA) is 110 Å². The van der Waals surface area contributed by atoms with Gasteiger partial charge < -0.3 is 9.64 Å². The molecule has 1 fully saturated rings. The lowest BCUT2D eigenvalue weighted by molar-refractivity contribution is 0.0203. The molecule has 0 aromatic heterocycles. The Morgan fingerprint density at radius 2 is 1.66 bits per heavy atom. The molecule has 1 N–H and O–H groups in total. The van der Waals surface area contributed by atoms with Crippen molar-refractivity contribution >= 4 is 26.0 Å². The molecular formula is C28H38N2O6S2. The lowest BCUT2D eigenvalue weighted by Crippen LogP contribution is -2.47. The molecule has 0 unspecified atom stereocenters. The van der Waals surface area contributed by atoms with Gasteiger partial charge in [0, 0.05) is 24.5 Å². The average Bonchev–Trinajstić information content (AvgIpc) is 2.84. The number of ether oxygens (including phenoxy) is 1. The van der Waals surface area contributed by atoms with Gasteiger partial charge in [0.1, 0.15) is 5.60 Å². The Balaban J connectivity index is 1.65. The molecule has 2 aromatic carbocycles. The van der Waals surface area contributed by atoms with Crippen molar-refractivity contribution in [3.63, 3.8) is 0 Å². The van der Waals surface area contributed by atoms with Gasteiger partial charge in [-0.3, -0.25) is 0 Å². The van der Waals surface area contributed by atoms with Crippen LogP contribution in [-0.2, 0) is 30.0 Å². The second-order valence-electron chi connectivity index (χ2n) is 11.3. The number of hydrogen-bond donors (Lipinski definition) is 1. The number of nitrogens with zero attached hydrogens (tertiary/aromatic N) is 1. The van der Waals surface area contributed by atoms with Crippen molar-refractivity contribution in [2.45, 2.75) is 99.0 Å². The van der Waals surface area contributed by atoms with Gasteiger partial charge in [0.2, 0.25) is 19.9 Å². The summed E-state index contributed by atoms with van der Waals surface area (Å²) in [4.78, 5) is 14.2. The number of fused-ring (bicyclic) bond motifs is 2. The minimum Gasteiger partial charge on any atom is -0.444 e. The summed E-state index contributed by atoms with van der Waals surface area (Å²) in [6, 6.07) is 9.74. The van der Waals surface area contributed by atoms with Crippen molar-refractivity contribution < 1.29 is 26.4 Å². The number of sulfone groups is 1. The fourth-order valence-electron chi connectivity index (χ4n) is 5.72. The van der Waals surface area contributed by atoms with E-state index >= 15 is 0 Å². The summed E-state index contributed by atoms with van der Waals surface area (Å²) in [5, 5.41) is 0. The minimum atomic E-state index is -4.02. The smallest absolute Gasteiger partial charge is 0.410 e. The lowest BCUT2D eigenvalue weighted by Gasteiger charge is -2.40. The summed E-state index contributed by atoms with van der Waals surface area (Å²) in [7, 11) is -7.93. The molecule has 2 aliphatic rings. The molecule has 0 saturated carbocycles. The van der Waals surface area contributed by atoms with E-state index in [0.717, 1.165) is 5.56 Å². The van der Waals surface area contributed by atoms with E-state index in [1.165, 1.54) is 6.07 Å². The highest BCUT2D eigenvalue weighted by Gasteiger charge is 2.45. The maximum Gasteiger partial charge on any atom is 0.410 e. The normalized spacial score (nSPS) is 18.9. The van der Waals surface area contributed by atoms with Crippen molar-refractivity contribution in [3.05, 3.63) is 53.1 Å². The molecule has 0 spiro atoms. The number of nitrogens with one attached hydrogen (secondary N) is 1. The summed E-state index contributed by atoms with van der Waals surface area (Å²) in [5.41, 5.74) is 0.800. The number of carbonyl (C=O) groups excluding carboxylic acids is 1. The van der Waals surface area contributed by atoms with Crippen LogP contribution in [0.3, 0.4) is 0 Å². The highest BCUT2D eigenvalue weighted by molar-refractivity contribution is 7.92. The van der Waals surface area contributed by atoms with E-state index in [-0.39, 0.29) is 20.7 Å². The van der Waals surface area contributed by atoms with Crippen LogP contribution in [0.15, 0.2) is 51.1 Å². The Bertz CT molecular complexity index is 1450. The fraction of sp³-hybridized carbons (Fsp3) is 0.536. The van der Waals surface area contributed by atoms with Gasteiger partial charge in [-0.15, -0.1) is 0 Å². The van der Waals surface area contributed by atoms with Crippen LogP contribution in [0.1, 0.15) is 77.0 Å². The standard InChI is InChI=1S/C28H38N2O6S2/c1-7-28(8-2)21-11-9-10-12-23(21)37(32,33)25-18-24(19(3)17-22(25)28)38(34,35)29-20-13-15-30(16-14-20)26(31)36-27(4,5)6/h9-12,17-18,20,29H,7-8,13-16H2,1-6H3. The first kappa shape index (κ1) is 28.6. The quantitative estimate of drug-likeness (QED) is 0.554. The van der Waals surface area contributed by atoms with Crippen LogP contribution in [0.25, 0.3) is 0 Å². The van der Waals surface area contributed by atoms with E-state index < -0.39 is 37.0 Å². The Hall–Kier alpha value is -2.43. The van der Waals surface area contributed by atoms with Crippen LogP contribution >= 0.6 is 0 Å². The molecule has 2 heterocycles. The SMILES string of the molecule is CCC1(CC)c2ccccc2S(=O)(=O)c2cc(S(=O)(=O)NC3CCN(C(=O)OC(C)(C)C)CC3)c(C)cc21. The van der Waals surface area contributed by atoms with Crippen molar-refractivity contribution in [2.24, 2.45) is 0 Å². The summed E-state index contributed by atoms with van der Waals surface area (Å²) in [6.07, 6.45) is 1.82. The third kappa shape index (κ3) is 4.98. The molecule has 0 atom stereocenters. The van der Waals surface area contributed by atoms with Crippen LogP contribution in [0, 0.1) is 6.92 Å². The summed E-state index contributed by atoms with van der Waals surface area (Å²) in [6.45, 7) is 11.9. The van der Waals surface area contributed by atoms with Gasteiger partial charge in [-0.05, 0) is 82.2 Å². The number of benzene rings is 2. The monoisotopic (exact) mass is 562 g/mol. The zero-order chi connectivity index (χ0) is 28.1. The summed E-state index contributed by atoms with van der Waals surface area (Å²) < 4.78 is 62.8. The highest BCUT2D eigenvalue weighted by Crippen LogP contribution is 2.50. The first-order valence-electron chi connectivity index (χ1n) is 13.2. The number of rotatable bonds is 5. The Labute approximate surface area is 226 Å². The molecule has 208 valence electrons. The third-order valence-corrected chi connectivity index (χ3v) is 11.3. The van der Waals surface area contributed by atoms with Gasteiger partial charge in [0.25, 0.3) is 0 Å². The number of aryl methyl sites for hydroxylation is 1. The van der Waals surface area contributed by atoms with E-state index in [1.807, 2.05) is 26.0 Å². The number of likely N-dealkylation sites (tertiary alicyclic amines) is 1. The zero-order valence-electron chi connectivity index (χ0n) is 23.0. The van der Waals surface area contributed by atoms with E-state index in [4.69, 9.17) is 4.74 Å².